The number of hydrogen-bond acceptors (Lipinski definition) is 4. The molecule has 3 aromatic heterocycles. The van der Waals surface area contributed by atoms with Gasteiger partial charge in [0.2, 0.25) is 0 Å². The van der Waals surface area contributed by atoms with E-state index >= 15 is 0 Å². The van der Waals surface area contributed by atoms with Crippen LogP contribution < -0.4 is 5.32 Å². The van der Waals surface area contributed by atoms with Crippen molar-refractivity contribution in [1.29, 1.82) is 0 Å². The predicted octanol–water partition coefficient (Wildman–Crippen LogP) is 4.26. The van der Waals surface area contributed by atoms with Crippen LogP contribution in [-0.2, 0) is 6.54 Å². The summed E-state index contributed by atoms with van der Waals surface area (Å²) in [5, 5.41) is 14.8. The Balaban J connectivity index is 1.34. The summed E-state index contributed by atoms with van der Waals surface area (Å²) in [5.74, 6) is -0.749. The smallest absolute Gasteiger partial charge is 0.276 e. The summed E-state index contributed by atoms with van der Waals surface area (Å²) < 4.78 is 15.2. The molecule has 3 heterocycles. The largest absolute Gasteiger partial charge is 0.318 e. The van der Waals surface area contributed by atoms with E-state index in [4.69, 9.17) is 0 Å². The van der Waals surface area contributed by atoms with Crippen molar-refractivity contribution < 1.29 is 9.18 Å². The third-order valence-electron chi connectivity index (χ3n) is 4.89. The lowest BCUT2D eigenvalue weighted by molar-refractivity contribution is 0.102. The minimum absolute atomic E-state index is 0.273. The zero-order chi connectivity index (χ0) is 21.2. The van der Waals surface area contributed by atoms with E-state index in [1.54, 1.807) is 29.3 Å². The fourth-order valence-electron chi connectivity index (χ4n) is 3.42. The Kier molecular flexibility index (Phi) is 4.72. The third-order valence-corrected chi connectivity index (χ3v) is 4.89. The Morgan fingerprint density at radius 3 is 2.74 bits per heavy atom. The normalized spacial score (nSPS) is 11.0. The molecule has 0 bridgehead atoms. The van der Waals surface area contributed by atoms with Gasteiger partial charge in [0, 0.05) is 23.3 Å². The van der Waals surface area contributed by atoms with E-state index in [1.165, 1.54) is 6.07 Å². The van der Waals surface area contributed by atoms with E-state index < -0.39 is 5.82 Å². The minimum Gasteiger partial charge on any atom is -0.318 e. The van der Waals surface area contributed by atoms with Gasteiger partial charge in [-0.25, -0.2) is 4.39 Å². The number of benzene rings is 2. The fraction of sp³-hybridized carbons (Fsp3) is 0.0435. The van der Waals surface area contributed by atoms with Crippen molar-refractivity contribution in [3.05, 3.63) is 96.5 Å². The molecule has 0 radical (unpaired) electrons. The van der Waals surface area contributed by atoms with Crippen molar-refractivity contribution in [1.82, 2.24) is 25.0 Å². The van der Waals surface area contributed by atoms with Crippen LogP contribution in [0.3, 0.4) is 0 Å². The molecule has 2 N–H and O–H groups in total. The number of H-pyrrole nitrogens is 1. The third kappa shape index (κ3) is 3.91. The molecule has 0 saturated heterocycles. The minimum atomic E-state index is -0.407. The van der Waals surface area contributed by atoms with E-state index in [1.807, 2.05) is 42.5 Å². The maximum atomic E-state index is 13.5. The zero-order valence-corrected chi connectivity index (χ0v) is 16.3. The first-order valence-corrected chi connectivity index (χ1v) is 9.62. The Hall–Kier alpha value is -4.33. The highest BCUT2D eigenvalue weighted by molar-refractivity contribution is 6.11. The van der Waals surface area contributed by atoms with Gasteiger partial charge in [-0.2, -0.15) is 10.2 Å². The second kappa shape index (κ2) is 7.83. The van der Waals surface area contributed by atoms with Gasteiger partial charge in [-0.15, -0.1) is 0 Å². The first kappa shape index (κ1) is 18.7. The second-order valence-corrected chi connectivity index (χ2v) is 7.09. The van der Waals surface area contributed by atoms with Crippen molar-refractivity contribution in [3.63, 3.8) is 0 Å². The molecule has 7 nitrogen and oxygen atoms in total. The first-order valence-electron chi connectivity index (χ1n) is 9.62. The molecule has 0 aliphatic carbocycles. The van der Waals surface area contributed by atoms with E-state index in [0.717, 1.165) is 17.3 Å². The van der Waals surface area contributed by atoms with Gasteiger partial charge in [0.05, 0.1) is 30.1 Å². The summed E-state index contributed by atoms with van der Waals surface area (Å²) in [5.41, 5.74) is 4.07. The first-order chi connectivity index (χ1) is 15.2. The highest BCUT2D eigenvalue weighted by Crippen LogP contribution is 2.25. The van der Waals surface area contributed by atoms with Crippen molar-refractivity contribution in [2.45, 2.75) is 6.54 Å². The highest BCUT2D eigenvalue weighted by atomic mass is 19.1. The Bertz CT molecular complexity index is 1380. The van der Waals surface area contributed by atoms with Gasteiger partial charge in [0.1, 0.15) is 5.82 Å². The molecule has 0 aliphatic heterocycles. The number of anilines is 1. The number of amides is 1. The molecule has 8 heteroatoms. The Labute approximate surface area is 176 Å². The summed E-state index contributed by atoms with van der Waals surface area (Å²) >= 11 is 0. The number of nitrogens with zero attached hydrogens (tertiary/aromatic N) is 4. The number of aromatic amines is 1. The molecule has 5 aromatic rings. The number of rotatable bonds is 5. The molecule has 0 saturated carbocycles. The van der Waals surface area contributed by atoms with Crippen molar-refractivity contribution in [2.75, 3.05) is 5.32 Å². The van der Waals surface area contributed by atoms with Crippen LogP contribution in [0.4, 0.5) is 10.1 Å². The number of aromatic nitrogens is 5. The molecule has 5 rings (SSSR count). The van der Waals surface area contributed by atoms with Gasteiger partial charge in [0.25, 0.3) is 5.91 Å². The molecule has 0 unspecified atom stereocenters. The van der Waals surface area contributed by atoms with Crippen LogP contribution in [0, 0.1) is 5.82 Å². The predicted molar refractivity (Wildman–Crippen MR) is 115 cm³/mol. The number of hydrogen-bond donors (Lipinski definition) is 2. The van der Waals surface area contributed by atoms with Crippen LogP contribution >= 0.6 is 0 Å². The topological polar surface area (TPSA) is 88.5 Å². The molecule has 0 spiro atoms. The summed E-state index contributed by atoms with van der Waals surface area (Å²) in [6.07, 6.45) is 6.11. The van der Waals surface area contributed by atoms with Crippen LogP contribution in [-0.4, -0.2) is 30.9 Å². The summed E-state index contributed by atoms with van der Waals surface area (Å²) in [4.78, 5) is 16.6. The van der Waals surface area contributed by atoms with Gasteiger partial charge in [-0.05, 0) is 29.3 Å². The van der Waals surface area contributed by atoms with Crippen molar-refractivity contribution in [2.24, 2.45) is 0 Å². The van der Waals surface area contributed by atoms with Crippen LogP contribution in [0.1, 0.15) is 16.1 Å². The lowest BCUT2D eigenvalue weighted by Crippen LogP contribution is -2.12. The molecule has 152 valence electrons. The Morgan fingerprint density at radius 2 is 1.90 bits per heavy atom. The van der Waals surface area contributed by atoms with Crippen molar-refractivity contribution in [3.8, 4) is 11.1 Å². The summed E-state index contributed by atoms with van der Waals surface area (Å²) in [6, 6.07) is 16.8. The second-order valence-electron chi connectivity index (χ2n) is 7.09. The summed E-state index contributed by atoms with van der Waals surface area (Å²) in [7, 11) is 0. The van der Waals surface area contributed by atoms with E-state index in [2.05, 4.69) is 25.6 Å². The van der Waals surface area contributed by atoms with Gasteiger partial charge >= 0.3 is 0 Å². The lowest BCUT2D eigenvalue weighted by atomic mass is 10.1. The molecule has 31 heavy (non-hydrogen) atoms. The maximum absolute atomic E-state index is 13.5. The molecule has 1 amide bonds. The van der Waals surface area contributed by atoms with Gasteiger partial charge in [-0.1, -0.05) is 36.4 Å². The number of nitrogens with one attached hydrogen (secondary N) is 2. The van der Waals surface area contributed by atoms with Crippen LogP contribution in [0.2, 0.25) is 0 Å². The SMILES string of the molecule is O=C(Nc1cnn(Cc2ccccc2)c1)c1n[nH]c2cc(-c3cncc(F)c3)ccc12. The average Bonchev–Trinajstić information content (AvgIpc) is 3.40. The van der Waals surface area contributed by atoms with Gasteiger partial charge in [0.15, 0.2) is 5.69 Å². The number of carbonyl (C=O) groups excluding carboxylic acids is 1. The Morgan fingerprint density at radius 1 is 1.03 bits per heavy atom. The van der Waals surface area contributed by atoms with E-state index in [-0.39, 0.29) is 11.6 Å². The molecule has 0 aliphatic rings. The van der Waals surface area contributed by atoms with Gasteiger partial charge in [-0.3, -0.25) is 19.6 Å². The number of halogens is 1. The van der Waals surface area contributed by atoms with Crippen LogP contribution in [0.15, 0.2) is 79.4 Å². The monoisotopic (exact) mass is 412 g/mol. The number of carbonyl (C=O) groups is 1. The molecule has 0 atom stereocenters. The summed E-state index contributed by atoms with van der Waals surface area (Å²) in [6.45, 7) is 0.611. The van der Waals surface area contributed by atoms with Gasteiger partial charge < -0.3 is 5.32 Å². The molecular weight excluding hydrogens is 395 g/mol. The quantitative estimate of drug-likeness (QED) is 0.451. The lowest BCUT2D eigenvalue weighted by Gasteiger charge is -2.03. The highest BCUT2D eigenvalue weighted by Gasteiger charge is 2.16. The van der Waals surface area contributed by atoms with Crippen LogP contribution in [0.25, 0.3) is 22.0 Å². The molecule has 0 fully saturated rings. The maximum Gasteiger partial charge on any atom is 0.276 e. The van der Waals surface area contributed by atoms with Crippen molar-refractivity contribution >= 4 is 22.5 Å². The average molecular weight is 412 g/mol. The van der Waals surface area contributed by atoms with E-state index in [9.17, 15) is 9.18 Å². The zero-order valence-electron chi connectivity index (χ0n) is 16.3. The fourth-order valence-corrected chi connectivity index (χ4v) is 3.42. The van der Waals surface area contributed by atoms with Crippen LogP contribution in [0.5, 0.6) is 0 Å². The number of pyridine rings is 1. The standard InChI is InChI=1S/C23H17FN6O/c24-18-8-17(10-25-11-18)16-6-7-20-21(9-16)28-29-22(20)23(31)27-19-12-26-30(14-19)13-15-4-2-1-3-5-15/h1-12,14H,13H2,(H,27,31)(H,28,29). The molecule has 2 aromatic carbocycles. The van der Waals surface area contributed by atoms with E-state index in [0.29, 0.717) is 28.7 Å². The number of fused-ring (bicyclic) bond motifs is 1. The molecular formula is C23H17FN6O.